The standard InChI is InChI=1S/C16H19N5O2/c1-18-14(7-9-17)20-16-19-10-8-15(21-16)23-11-12-3-5-13(22-2)6-4-12/h3-10H,11,17H2,1-2H3,(H,18,19,20,21). The number of nitrogens with zero attached hydrogens (tertiary/aromatic N) is 3. The minimum absolute atomic E-state index is 0.385. The highest BCUT2D eigenvalue weighted by Gasteiger charge is 2.03. The molecule has 0 atom stereocenters. The molecule has 2 aromatic rings. The van der Waals surface area contributed by atoms with Gasteiger partial charge < -0.3 is 20.5 Å². The Kier molecular flexibility index (Phi) is 5.93. The van der Waals surface area contributed by atoms with Crippen molar-refractivity contribution >= 4 is 11.8 Å². The van der Waals surface area contributed by atoms with Gasteiger partial charge in [0.2, 0.25) is 11.8 Å². The molecule has 0 aliphatic rings. The number of anilines is 1. The van der Waals surface area contributed by atoms with Crippen molar-refractivity contribution in [2.24, 2.45) is 10.7 Å². The zero-order chi connectivity index (χ0) is 16.5. The number of ether oxygens (including phenoxy) is 2. The number of aromatic nitrogens is 2. The van der Waals surface area contributed by atoms with Gasteiger partial charge in [0.15, 0.2) is 0 Å². The average molecular weight is 313 g/mol. The van der Waals surface area contributed by atoms with Crippen LogP contribution in [-0.2, 0) is 6.61 Å². The molecule has 0 unspecified atom stereocenters. The second kappa shape index (κ2) is 8.38. The molecule has 7 nitrogen and oxygen atoms in total. The summed E-state index contributed by atoms with van der Waals surface area (Å²) >= 11 is 0. The Balaban J connectivity index is 1.99. The lowest BCUT2D eigenvalue weighted by atomic mass is 10.2. The molecule has 1 aromatic carbocycles. The highest BCUT2D eigenvalue weighted by molar-refractivity contribution is 6.02. The Bertz CT molecular complexity index is 683. The van der Waals surface area contributed by atoms with E-state index in [1.165, 1.54) is 6.20 Å². The van der Waals surface area contributed by atoms with Crippen LogP contribution in [0, 0.1) is 0 Å². The van der Waals surface area contributed by atoms with Gasteiger partial charge in [-0.1, -0.05) is 12.1 Å². The van der Waals surface area contributed by atoms with Crippen LogP contribution in [0.2, 0.25) is 0 Å². The minimum atomic E-state index is 0.385. The van der Waals surface area contributed by atoms with Crippen LogP contribution in [0.25, 0.3) is 0 Å². The minimum Gasteiger partial charge on any atom is -0.497 e. The number of hydrogen-bond donors (Lipinski definition) is 2. The van der Waals surface area contributed by atoms with Crippen LogP contribution in [0.1, 0.15) is 5.56 Å². The van der Waals surface area contributed by atoms with Crippen molar-refractivity contribution < 1.29 is 9.47 Å². The van der Waals surface area contributed by atoms with Gasteiger partial charge in [0.05, 0.1) is 7.11 Å². The van der Waals surface area contributed by atoms with Crippen LogP contribution in [-0.4, -0.2) is 30.0 Å². The molecule has 0 fully saturated rings. The Labute approximate surface area is 134 Å². The fourth-order valence-electron chi connectivity index (χ4n) is 1.74. The first-order valence-corrected chi connectivity index (χ1v) is 6.96. The third kappa shape index (κ3) is 4.99. The van der Waals surface area contributed by atoms with E-state index in [9.17, 15) is 0 Å². The average Bonchev–Trinajstić information content (AvgIpc) is 2.60. The normalized spacial score (nSPS) is 11.5. The molecule has 0 saturated heterocycles. The topological polar surface area (TPSA) is 94.7 Å². The lowest BCUT2D eigenvalue weighted by Gasteiger charge is -2.08. The van der Waals surface area contributed by atoms with Gasteiger partial charge in [-0.3, -0.25) is 4.99 Å². The van der Waals surface area contributed by atoms with Crippen LogP contribution in [0.4, 0.5) is 5.95 Å². The SMILES string of the molecule is CN=C(C=CN)Nc1nccc(OCc2ccc(OC)cc2)n1. The van der Waals surface area contributed by atoms with Crippen LogP contribution in [0.3, 0.4) is 0 Å². The predicted molar refractivity (Wildman–Crippen MR) is 89.7 cm³/mol. The van der Waals surface area contributed by atoms with E-state index in [0.717, 1.165) is 11.3 Å². The van der Waals surface area contributed by atoms with Crippen molar-refractivity contribution in [3.63, 3.8) is 0 Å². The molecule has 23 heavy (non-hydrogen) atoms. The molecule has 3 N–H and O–H groups in total. The van der Waals surface area contributed by atoms with Crippen LogP contribution < -0.4 is 20.5 Å². The predicted octanol–water partition coefficient (Wildman–Crippen LogP) is 1.98. The molecule has 0 aliphatic heterocycles. The van der Waals surface area contributed by atoms with Gasteiger partial charge in [-0.05, 0) is 30.0 Å². The van der Waals surface area contributed by atoms with Gasteiger partial charge in [0.1, 0.15) is 18.2 Å². The molecule has 0 aliphatic carbocycles. The number of nitrogens with two attached hydrogens (primary N) is 1. The van der Waals surface area contributed by atoms with Crippen molar-refractivity contribution in [2.45, 2.75) is 6.61 Å². The molecule has 1 aromatic heterocycles. The Morgan fingerprint density at radius 2 is 2.09 bits per heavy atom. The third-order valence-corrected chi connectivity index (χ3v) is 2.91. The number of methoxy groups -OCH3 is 1. The number of aliphatic imine (C=N–C) groups is 1. The molecule has 2 rings (SSSR count). The maximum absolute atomic E-state index is 5.67. The summed E-state index contributed by atoms with van der Waals surface area (Å²) in [5, 5.41) is 2.95. The van der Waals surface area contributed by atoms with E-state index in [0.29, 0.717) is 24.3 Å². The van der Waals surface area contributed by atoms with Crippen LogP contribution in [0.5, 0.6) is 11.6 Å². The van der Waals surface area contributed by atoms with E-state index < -0.39 is 0 Å². The van der Waals surface area contributed by atoms with Gasteiger partial charge in [-0.25, -0.2) is 4.98 Å². The maximum Gasteiger partial charge on any atom is 0.231 e. The van der Waals surface area contributed by atoms with Crippen molar-refractivity contribution in [1.82, 2.24) is 9.97 Å². The summed E-state index contributed by atoms with van der Waals surface area (Å²) in [6, 6.07) is 9.33. The monoisotopic (exact) mass is 313 g/mol. The first kappa shape index (κ1) is 16.3. The van der Waals surface area contributed by atoms with E-state index >= 15 is 0 Å². The Morgan fingerprint density at radius 1 is 1.30 bits per heavy atom. The van der Waals surface area contributed by atoms with E-state index in [4.69, 9.17) is 15.2 Å². The Morgan fingerprint density at radius 3 is 2.74 bits per heavy atom. The number of rotatable bonds is 6. The molecule has 7 heteroatoms. The molecule has 0 radical (unpaired) electrons. The quantitative estimate of drug-likeness (QED) is 0.625. The fourth-order valence-corrected chi connectivity index (χ4v) is 1.74. The van der Waals surface area contributed by atoms with Crippen molar-refractivity contribution in [1.29, 1.82) is 0 Å². The van der Waals surface area contributed by atoms with Gasteiger partial charge in [-0.2, -0.15) is 4.98 Å². The molecule has 0 bridgehead atoms. The van der Waals surface area contributed by atoms with Crippen molar-refractivity contribution in [3.8, 4) is 11.6 Å². The highest BCUT2D eigenvalue weighted by Crippen LogP contribution is 2.14. The molecule has 0 amide bonds. The summed E-state index contributed by atoms with van der Waals surface area (Å²) in [6.45, 7) is 0.401. The lowest BCUT2D eigenvalue weighted by molar-refractivity contribution is 0.293. The van der Waals surface area contributed by atoms with Gasteiger partial charge in [0, 0.05) is 19.3 Å². The van der Waals surface area contributed by atoms with Crippen LogP contribution in [0.15, 0.2) is 53.8 Å². The fraction of sp³-hybridized carbons (Fsp3) is 0.188. The number of amidine groups is 1. The molecule has 120 valence electrons. The van der Waals surface area contributed by atoms with E-state index in [-0.39, 0.29) is 0 Å². The molecule has 0 spiro atoms. The van der Waals surface area contributed by atoms with Gasteiger partial charge >= 0.3 is 0 Å². The summed E-state index contributed by atoms with van der Waals surface area (Å²) < 4.78 is 10.8. The van der Waals surface area contributed by atoms with Gasteiger partial charge in [-0.15, -0.1) is 0 Å². The largest absolute Gasteiger partial charge is 0.497 e. The zero-order valence-corrected chi connectivity index (χ0v) is 13.1. The summed E-state index contributed by atoms with van der Waals surface area (Å²) in [5.41, 5.74) is 6.36. The molecular formula is C16H19N5O2. The number of nitrogens with one attached hydrogen (secondary N) is 1. The smallest absolute Gasteiger partial charge is 0.231 e. The maximum atomic E-state index is 5.67. The Hall–Kier alpha value is -3.09. The molecule has 1 heterocycles. The molecule has 0 saturated carbocycles. The summed E-state index contributed by atoms with van der Waals surface area (Å²) in [5.74, 6) is 2.21. The number of benzene rings is 1. The third-order valence-electron chi connectivity index (χ3n) is 2.91. The second-order valence-electron chi connectivity index (χ2n) is 4.45. The van der Waals surface area contributed by atoms with Crippen LogP contribution >= 0.6 is 0 Å². The van der Waals surface area contributed by atoms with Crippen molar-refractivity contribution in [3.05, 3.63) is 54.4 Å². The zero-order valence-electron chi connectivity index (χ0n) is 13.1. The lowest BCUT2D eigenvalue weighted by Crippen LogP contribution is -2.12. The van der Waals surface area contributed by atoms with Crippen molar-refractivity contribution in [2.75, 3.05) is 19.5 Å². The summed E-state index contributed by atoms with van der Waals surface area (Å²) in [7, 11) is 3.28. The summed E-state index contributed by atoms with van der Waals surface area (Å²) in [6.07, 6.45) is 4.62. The number of hydrogen-bond acceptors (Lipinski definition) is 6. The second-order valence-corrected chi connectivity index (χ2v) is 4.45. The highest BCUT2D eigenvalue weighted by atomic mass is 16.5. The van der Waals surface area contributed by atoms with E-state index in [1.807, 2.05) is 24.3 Å². The first-order chi connectivity index (χ1) is 11.2. The molecular weight excluding hydrogens is 294 g/mol. The van der Waals surface area contributed by atoms with E-state index in [1.54, 1.807) is 32.5 Å². The van der Waals surface area contributed by atoms with E-state index in [2.05, 4.69) is 20.3 Å². The summed E-state index contributed by atoms with van der Waals surface area (Å²) in [4.78, 5) is 12.4. The van der Waals surface area contributed by atoms with Gasteiger partial charge in [0.25, 0.3) is 0 Å². The first-order valence-electron chi connectivity index (χ1n) is 6.96.